The monoisotopic (exact) mass is 182 g/mol. The number of amidine groups is 1. The number of hydrogen-bond acceptors (Lipinski definition) is 3. The van der Waals surface area contributed by atoms with E-state index in [1.807, 2.05) is 0 Å². The predicted molar refractivity (Wildman–Crippen MR) is 48.6 cm³/mol. The minimum absolute atomic E-state index is 0.0154. The van der Waals surface area contributed by atoms with Crippen LogP contribution in [0.25, 0.3) is 0 Å². The maximum atomic E-state index is 11.2. The Hall–Kier alpha value is -0.900. The van der Waals surface area contributed by atoms with E-state index in [0.29, 0.717) is 0 Å². The zero-order valence-corrected chi connectivity index (χ0v) is 7.96. The van der Waals surface area contributed by atoms with Gasteiger partial charge in [-0.15, -0.1) is 0 Å². The third kappa shape index (κ3) is 1.16. The van der Waals surface area contributed by atoms with Crippen molar-refractivity contribution in [1.29, 1.82) is 0 Å². The van der Waals surface area contributed by atoms with E-state index in [4.69, 9.17) is 4.74 Å². The van der Waals surface area contributed by atoms with Gasteiger partial charge in [0, 0.05) is 7.11 Å². The van der Waals surface area contributed by atoms with Gasteiger partial charge >= 0.3 is 0 Å². The molecule has 0 bridgehead atoms. The lowest BCUT2D eigenvalue weighted by molar-refractivity contribution is -0.120. The summed E-state index contributed by atoms with van der Waals surface area (Å²) in [6.45, 7) is 1.80. The van der Waals surface area contributed by atoms with Gasteiger partial charge in [-0.2, -0.15) is 0 Å². The summed E-state index contributed by atoms with van der Waals surface area (Å²) in [5, 5.41) is 2.78. The summed E-state index contributed by atoms with van der Waals surface area (Å²) in [4.78, 5) is 15.5. The minimum Gasteiger partial charge on any atom is -0.370 e. The maximum Gasteiger partial charge on any atom is 0.249 e. The van der Waals surface area contributed by atoms with Crippen LogP contribution in [0.15, 0.2) is 4.99 Å². The summed E-state index contributed by atoms with van der Waals surface area (Å²) < 4.78 is 5.41. The number of aliphatic imine (C=N–C) groups is 1. The van der Waals surface area contributed by atoms with E-state index in [9.17, 15) is 4.79 Å². The van der Waals surface area contributed by atoms with E-state index < -0.39 is 0 Å². The Morgan fingerprint density at radius 3 is 2.62 bits per heavy atom. The third-order valence-corrected chi connectivity index (χ3v) is 2.93. The molecule has 72 valence electrons. The Kier molecular flexibility index (Phi) is 1.87. The number of nitrogens with zero attached hydrogens (tertiary/aromatic N) is 1. The van der Waals surface area contributed by atoms with Gasteiger partial charge < -0.3 is 10.1 Å². The average Bonchev–Trinajstić information content (AvgIpc) is 2.31. The van der Waals surface area contributed by atoms with E-state index in [1.165, 1.54) is 0 Å². The molecule has 0 aromatic rings. The van der Waals surface area contributed by atoms with Crippen LogP contribution in [0.1, 0.15) is 26.2 Å². The number of methoxy groups -OCH3 is 1. The fourth-order valence-electron chi connectivity index (χ4n) is 1.77. The summed E-state index contributed by atoms with van der Waals surface area (Å²) >= 11 is 0. The highest BCUT2D eigenvalue weighted by molar-refractivity contribution is 6.09. The molecule has 0 aromatic heterocycles. The van der Waals surface area contributed by atoms with Crippen LogP contribution in [0.2, 0.25) is 0 Å². The Morgan fingerprint density at radius 2 is 2.31 bits per heavy atom. The zero-order valence-electron chi connectivity index (χ0n) is 7.96. The highest BCUT2D eigenvalue weighted by Crippen LogP contribution is 2.36. The molecule has 1 unspecified atom stereocenters. The van der Waals surface area contributed by atoms with Crippen molar-refractivity contribution < 1.29 is 9.53 Å². The van der Waals surface area contributed by atoms with Crippen molar-refractivity contribution in [3.63, 3.8) is 0 Å². The van der Waals surface area contributed by atoms with Gasteiger partial charge in [0.2, 0.25) is 5.91 Å². The molecule has 0 saturated heterocycles. The lowest BCUT2D eigenvalue weighted by Gasteiger charge is -2.39. The first kappa shape index (κ1) is 8.69. The van der Waals surface area contributed by atoms with Crippen LogP contribution in [0, 0.1) is 0 Å². The first-order valence-corrected chi connectivity index (χ1v) is 4.62. The van der Waals surface area contributed by atoms with E-state index >= 15 is 0 Å². The number of ether oxygens (including phenoxy) is 1. The van der Waals surface area contributed by atoms with Gasteiger partial charge in [-0.25, -0.2) is 0 Å². The van der Waals surface area contributed by atoms with Crippen LogP contribution in [0.5, 0.6) is 0 Å². The van der Waals surface area contributed by atoms with Gasteiger partial charge in [0.15, 0.2) is 0 Å². The smallest absolute Gasteiger partial charge is 0.249 e. The molecule has 1 saturated carbocycles. The Bertz CT molecular complexity index is 263. The topological polar surface area (TPSA) is 50.7 Å². The molecule has 1 aliphatic heterocycles. The van der Waals surface area contributed by atoms with Crippen LogP contribution >= 0.6 is 0 Å². The molecule has 0 aromatic carbocycles. The van der Waals surface area contributed by atoms with Crippen LogP contribution < -0.4 is 5.32 Å². The van der Waals surface area contributed by atoms with Crippen molar-refractivity contribution in [2.24, 2.45) is 4.99 Å². The molecule has 2 rings (SSSR count). The molecule has 1 aliphatic carbocycles. The fourth-order valence-corrected chi connectivity index (χ4v) is 1.77. The second-order valence-electron chi connectivity index (χ2n) is 3.69. The Morgan fingerprint density at radius 1 is 1.62 bits per heavy atom. The minimum atomic E-state index is -0.277. The summed E-state index contributed by atoms with van der Waals surface area (Å²) in [6, 6.07) is -0.248. The third-order valence-electron chi connectivity index (χ3n) is 2.93. The first-order chi connectivity index (χ1) is 6.18. The summed E-state index contributed by atoms with van der Waals surface area (Å²) in [7, 11) is 1.68. The predicted octanol–water partition coefficient (Wildman–Crippen LogP) is 0.472. The van der Waals surface area contributed by atoms with Crippen molar-refractivity contribution in [3.8, 4) is 0 Å². The molecule has 0 radical (unpaired) electrons. The molecule has 1 amide bonds. The molecule has 0 spiro atoms. The van der Waals surface area contributed by atoms with Gasteiger partial charge in [0.1, 0.15) is 17.5 Å². The van der Waals surface area contributed by atoms with Crippen molar-refractivity contribution in [3.05, 3.63) is 0 Å². The number of hydrogen-bond donors (Lipinski definition) is 1. The van der Waals surface area contributed by atoms with E-state index in [2.05, 4.69) is 10.3 Å². The van der Waals surface area contributed by atoms with Gasteiger partial charge in [-0.1, -0.05) is 0 Å². The second kappa shape index (κ2) is 2.80. The number of rotatable bonds is 2. The first-order valence-electron chi connectivity index (χ1n) is 4.62. The zero-order chi connectivity index (χ0) is 9.47. The second-order valence-corrected chi connectivity index (χ2v) is 3.69. The normalized spacial score (nSPS) is 30.8. The van der Waals surface area contributed by atoms with E-state index in [-0.39, 0.29) is 17.6 Å². The molecular weight excluding hydrogens is 168 g/mol. The lowest BCUT2D eigenvalue weighted by Crippen LogP contribution is -2.52. The highest BCUT2D eigenvalue weighted by Gasteiger charge is 2.45. The summed E-state index contributed by atoms with van der Waals surface area (Å²) in [5.74, 6) is 0.720. The quantitative estimate of drug-likeness (QED) is 0.675. The van der Waals surface area contributed by atoms with E-state index in [1.54, 1.807) is 14.0 Å². The average molecular weight is 182 g/mol. The molecule has 1 heterocycles. The van der Waals surface area contributed by atoms with Gasteiger partial charge in [0.05, 0.1) is 0 Å². The number of carbonyl (C=O) groups excluding carboxylic acids is 1. The summed E-state index contributed by atoms with van der Waals surface area (Å²) in [6.07, 6.45) is 3.09. The van der Waals surface area contributed by atoms with Crippen molar-refractivity contribution >= 4 is 11.7 Å². The molecule has 1 fully saturated rings. The molecule has 13 heavy (non-hydrogen) atoms. The molecule has 4 nitrogen and oxygen atoms in total. The summed E-state index contributed by atoms with van der Waals surface area (Å²) in [5.41, 5.74) is -0.277. The highest BCUT2D eigenvalue weighted by atomic mass is 16.5. The van der Waals surface area contributed by atoms with Crippen LogP contribution in [-0.4, -0.2) is 30.5 Å². The standard InChI is InChI=1S/C9H14N2O2/c1-6-7(12)11-8(10-6)9(13-2)4-3-5-9/h6H,3-5H2,1-2H3,(H,10,11,12). The van der Waals surface area contributed by atoms with Crippen molar-refractivity contribution in [2.75, 3.05) is 7.11 Å². The number of nitrogens with one attached hydrogen (secondary N) is 1. The molecule has 1 N–H and O–H groups in total. The Labute approximate surface area is 77.4 Å². The van der Waals surface area contributed by atoms with Gasteiger partial charge in [-0.05, 0) is 26.2 Å². The van der Waals surface area contributed by atoms with Crippen LogP contribution in [0.3, 0.4) is 0 Å². The lowest BCUT2D eigenvalue weighted by atomic mass is 9.79. The van der Waals surface area contributed by atoms with Crippen LogP contribution in [0.4, 0.5) is 0 Å². The molecular formula is C9H14N2O2. The number of carbonyl (C=O) groups is 1. The van der Waals surface area contributed by atoms with Crippen molar-refractivity contribution in [1.82, 2.24) is 5.32 Å². The van der Waals surface area contributed by atoms with Crippen LogP contribution in [-0.2, 0) is 9.53 Å². The fraction of sp³-hybridized carbons (Fsp3) is 0.778. The molecule has 1 atom stereocenters. The largest absolute Gasteiger partial charge is 0.370 e. The number of amides is 1. The maximum absolute atomic E-state index is 11.2. The molecule has 2 aliphatic rings. The SMILES string of the molecule is COC1(C2=NC(C)C(=O)N2)CCC1. The molecule has 4 heteroatoms. The van der Waals surface area contributed by atoms with Crippen molar-refractivity contribution in [2.45, 2.75) is 37.8 Å². The van der Waals surface area contributed by atoms with E-state index in [0.717, 1.165) is 25.1 Å². The van der Waals surface area contributed by atoms with Gasteiger partial charge in [-0.3, -0.25) is 9.79 Å². The van der Waals surface area contributed by atoms with Gasteiger partial charge in [0.25, 0.3) is 0 Å². The Balaban J connectivity index is 2.17.